The maximum absolute atomic E-state index is 5.93. The van der Waals surface area contributed by atoms with Crippen LogP contribution in [0.15, 0.2) is 5.51 Å². The minimum atomic E-state index is 0.417. The SMILES string of the molecule is Cc1ncsc1CN(C)C1CCC(N)C1. The second-order valence-electron chi connectivity index (χ2n) is 4.50. The first-order chi connectivity index (χ1) is 7.16. The summed E-state index contributed by atoms with van der Waals surface area (Å²) in [6, 6.07) is 1.08. The minimum Gasteiger partial charge on any atom is -0.328 e. The Hall–Kier alpha value is -0.450. The molecule has 0 bridgehead atoms. The summed E-state index contributed by atoms with van der Waals surface area (Å²) < 4.78 is 0. The molecule has 1 fully saturated rings. The molecule has 3 nitrogen and oxygen atoms in total. The summed E-state index contributed by atoms with van der Waals surface area (Å²) in [7, 11) is 2.20. The number of rotatable bonds is 3. The molecule has 2 rings (SSSR count). The van der Waals surface area contributed by atoms with E-state index < -0.39 is 0 Å². The summed E-state index contributed by atoms with van der Waals surface area (Å²) >= 11 is 1.75. The Balaban J connectivity index is 1.92. The van der Waals surface area contributed by atoms with Gasteiger partial charge in [0.15, 0.2) is 0 Å². The molecule has 2 unspecified atom stereocenters. The molecule has 15 heavy (non-hydrogen) atoms. The van der Waals surface area contributed by atoms with Crippen LogP contribution in [0.3, 0.4) is 0 Å². The summed E-state index contributed by atoms with van der Waals surface area (Å²) in [5.74, 6) is 0. The van der Waals surface area contributed by atoms with Crippen molar-refractivity contribution in [1.29, 1.82) is 0 Å². The summed E-state index contributed by atoms with van der Waals surface area (Å²) in [6.07, 6.45) is 3.57. The summed E-state index contributed by atoms with van der Waals surface area (Å²) in [6.45, 7) is 3.11. The Kier molecular flexibility index (Phi) is 3.38. The molecule has 1 aromatic heterocycles. The maximum atomic E-state index is 5.93. The van der Waals surface area contributed by atoms with Gasteiger partial charge in [0.05, 0.1) is 11.2 Å². The lowest BCUT2D eigenvalue weighted by Gasteiger charge is -2.23. The lowest BCUT2D eigenvalue weighted by atomic mass is 10.2. The van der Waals surface area contributed by atoms with Gasteiger partial charge in [0.25, 0.3) is 0 Å². The normalized spacial score (nSPS) is 26.4. The van der Waals surface area contributed by atoms with Crippen molar-refractivity contribution in [2.45, 2.75) is 44.8 Å². The zero-order valence-electron chi connectivity index (χ0n) is 9.44. The van der Waals surface area contributed by atoms with Gasteiger partial charge < -0.3 is 5.73 Å². The quantitative estimate of drug-likeness (QED) is 0.852. The van der Waals surface area contributed by atoms with Crippen LogP contribution >= 0.6 is 11.3 Å². The monoisotopic (exact) mass is 225 g/mol. The van der Waals surface area contributed by atoms with Gasteiger partial charge in [0.1, 0.15) is 0 Å². The molecule has 0 saturated heterocycles. The van der Waals surface area contributed by atoms with Gasteiger partial charge in [-0.25, -0.2) is 4.98 Å². The number of nitrogens with zero attached hydrogens (tertiary/aromatic N) is 2. The largest absolute Gasteiger partial charge is 0.328 e. The Morgan fingerprint density at radius 3 is 2.93 bits per heavy atom. The average molecular weight is 225 g/mol. The minimum absolute atomic E-state index is 0.417. The van der Waals surface area contributed by atoms with Crippen LogP contribution in [-0.4, -0.2) is 29.0 Å². The predicted octanol–water partition coefficient (Wildman–Crippen LogP) is 1.76. The highest BCUT2D eigenvalue weighted by atomic mass is 32.1. The standard InChI is InChI=1S/C11H19N3S/c1-8-11(15-7-13-8)6-14(2)10-4-3-9(12)5-10/h7,9-10H,3-6,12H2,1-2H3. The number of aromatic nitrogens is 1. The summed E-state index contributed by atoms with van der Waals surface area (Å²) in [4.78, 5) is 8.09. The smallest absolute Gasteiger partial charge is 0.0798 e. The van der Waals surface area contributed by atoms with Gasteiger partial charge in [-0.1, -0.05) is 0 Å². The Morgan fingerprint density at radius 2 is 2.40 bits per heavy atom. The summed E-state index contributed by atoms with van der Waals surface area (Å²) in [5, 5.41) is 0. The third kappa shape index (κ3) is 2.56. The fraction of sp³-hybridized carbons (Fsp3) is 0.727. The van der Waals surface area contributed by atoms with Crippen LogP contribution in [0.5, 0.6) is 0 Å². The molecule has 0 spiro atoms. The molecule has 2 N–H and O–H groups in total. The van der Waals surface area contributed by atoms with E-state index in [1.165, 1.54) is 23.4 Å². The molecular weight excluding hydrogens is 206 g/mol. The molecule has 4 heteroatoms. The highest BCUT2D eigenvalue weighted by molar-refractivity contribution is 7.09. The summed E-state index contributed by atoms with van der Waals surface area (Å²) in [5.41, 5.74) is 9.03. The van der Waals surface area contributed by atoms with Crippen molar-refractivity contribution >= 4 is 11.3 Å². The first-order valence-corrected chi connectivity index (χ1v) is 6.39. The van der Waals surface area contributed by atoms with Crippen molar-refractivity contribution in [3.8, 4) is 0 Å². The number of hydrogen-bond acceptors (Lipinski definition) is 4. The molecule has 0 radical (unpaired) electrons. The van der Waals surface area contributed by atoms with Gasteiger partial charge in [0, 0.05) is 23.5 Å². The van der Waals surface area contributed by atoms with Gasteiger partial charge in [-0.05, 0) is 33.2 Å². The van der Waals surface area contributed by atoms with Gasteiger partial charge >= 0.3 is 0 Å². The highest BCUT2D eigenvalue weighted by Crippen LogP contribution is 2.24. The highest BCUT2D eigenvalue weighted by Gasteiger charge is 2.25. The molecule has 0 amide bonds. The van der Waals surface area contributed by atoms with Crippen LogP contribution in [0.25, 0.3) is 0 Å². The van der Waals surface area contributed by atoms with E-state index in [1.807, 2.05) is 5.51 Å². The van der Waals surface area contributed by atoms with Crippen molar-refractivity contribution in [2.75, 3.05) is 7.05 Å². The molecule has 1 saturated carbocycles. The van der Waals surface area contributed by atoms with E-state index in [0.29, 0.717) is 12.1 Å². The second-order valence-corrected chi connectivity index (χ2v) is 5.44. The van der Waals surface area contributed by atoms with E-state index in [9.17, 15) is 0 Å². The van der Waals surface area contributed by atoms with Crippen LogP contribution in [-0.2, 0) is 6.54 Å². The predicted molar refractivity (Wildman–Crippen MR) is 63.9 cm³/mol. The second kappa shape index (κ2) is 4.60. The number of nitrogens with two attached hydrogens (primary N) is 1. The van der Waals surface area contributed by atoms with E-state index in [4.69, 9.17) is 5.73 Å². The molecule has 1 aliphatic carbocycles. The van der Waals surface area contributed by atoms with Gasteiger partial charge in [-0.3, -0.25) is 4.90 Å². The number of thiazole rings is 1. The van der Waals surface area contributed by atoms with E-state index in [0.717, 1.165) is 13.0 Å². The molecule has 1 heterocycles. The van der Waals surface area contributed by atoms with E-state index in [-0.39, 0.29) is 0 Å². The lowest BCUT2D eigenvalue weighted by molar-refractivity contribution is 0.237. The Morgan fingerprint density at radius 1 is 1.60 bits per heavy atom. The van der Waals surface area contributed by atoms with Crippen molar-refractivity contribution in [1.82, 2.24) is 9.88 Å². The molecule has 0 aromatic carbocycles. The van der Waals surface area contributed by atoms with E-state index >= 15 is 0 Å². The van der Waals surface area contributed by atoms with Crippen LogP contribution in [0.2, 0.25) is 0 Å². The Bertz CT molecular complexity index is 323. The van der Waals surface area contributed by atoms with Crippen LogP contribution in [0.4, 0.5) is 0 Å². The van der Waals surface area contributed by atoms with Crippen molar-refractivity contribution in [3.63, 3.8) is 0 Å². The van der Waals surface area contributed by atoms with Crippen molar-refractivity contribution in [3.05, 3.63) is 16.1 Å². The number of aryl methyl sites for hydroxylation is 1. The lowest BCUT2D eigenvalue weighted by Crippen LogP contribution is -2.30. The molecule has 84 valence electrons. The van der Waals surface area contributed by atoms with Crippen molar-refractivity contribution < 1.29 is 0 Å². The fourth-order valence-electron chi connectivity index (χ4n) is 2.23. The molecule has 0 aliphatic heterocycles. The van der Waals surface area contributed by atoms with Gasteiger partial charge in [-0.2, -0.15) is 0 Å². The van der Waals surface area contributed by atoms with E-state index in [2.05, 4.69) is 23.9 Å². The van der Waals surface area contributed by atoms with Crippen LogP contribution in [0.1, 0.15) is 29.8 Å². The molecule has 1 aliphatic rings. The topological polar surface area (TPSA) is 42.2 Å². The van der Waals surface area contributed by atoms with Crippen molar-refractivity contribution in [2.24, 2.45) is 5.73 Å². The third-order valence-electron chi connectivity index (χ3n) is 3.31. The first kappa shape index (κ1) is 11.0. The molecular formula is C11H19N3S. The van der Waals surface area contributed by atoms with Crippen LogP contribution in [0, 0.1) is 6.92 Å². The third-order valence-corrected chi connectivity index (χ3v) is 4.23. The Labute approximate surface area is 95.3 Å². The van der Waals surface area contributed by atoms with Gasteiger partial charge in [-0.15, -0.1) is 11.3 Å². The maximum Gasteiger partial charge on any atom is 0.0798 e. The first-order valence-electron chi connectivity index (χ1n) is 5.51. The average Bonchev–Trinajstić information content (AvgIpc) is 2.77. The number of hydrogen-bond donors (Lipinski definition) is 1. The van der Waals surface area contributed by atoms with Crippen LogP contribution < -0.4 is 5.73 Å². The van der Waals surface area contributed by atoms with Gasteiger partial charge in [0.2, 0.25) is 0 Å². The molecule has 1 aromatic rings. The van der Waals surface area contributed by atoms with E-state index in [1.54, 1.807) is 11.3 Å². The zero-order chi connectivity index (χ0) is 10.8. The molecule has 2 atom stereocenters. The zero-order valence-corrected chi connectivity index (χ0v) is 10.3. The fourth-order valence-corrected chi connectivity index (χ4v) is 3.07.